The molecule has 2 N–H and O–H groups in total. The van der Waals surface area contributed by atoms with Crippen LogP contribution in [0.15, 0.2) is 36.7 Å². The molecule has 3 aromatic rings. The van der Waals surface area contributed by atoms with E-state index >= 15 is 0 Å². The van der Waals surface area contributed by atoms with Crippen LogP contribution in [0.3, 0.4) is 0 Å². The fourth-order valence-electron chi connectivity index (χ4n) is 2.38. The van der Waals surface area contributed by atoms with Gasteiger partial charge in [0.15, 0.2) is 11.5 Å². The van der Waals surface area contributed by atoms with E-state index in [1.54, 1.807) is 24.5 Å². The highest BCUT2D eigenvalue weighted by Gasteiger charge is 2.18. The van der Waals surface area contributed by atoms with Crippen molar-refractivity contribution in [1.82, 2.24) is 14.5 Å². The topological polar surface area (TPSA) is 71.2 Å². The third-order valence-corrected chi connectivity index (χ3v) is 3.26. The summed E-state index contributed by atoms with van der Waals surface area (Å²) >= 11 is 0. The average Bonchev–Trinajstić information content (AvgIpc) is 2.81. The minimum absolute atomic E-state index is 0.150. The van der Waals surface area contributed by atoms with E-state index in [-0.39, 0.29) is 17.5 Å². The molecule has 5 nitrogen and oxygen atoms in total. The van der Waals surface area contributed by atoms with Crippen LogP contribution >= 0.6 is 0 Å². The summed E-state index contributed by atoms with van der Waals surface area (Å²) in [5.41, 5.74) is 2.22. The Bertz CT molecular complexity index is 778. The van der Waals surface area contributed by atoms with E-state index in [0.717, 1.165) is 11.0 Å². The van der Waals surface area contributed by atoms with Crippen LogP contribution in [0.2, 0.25) is 0 Å². The fourth-order valence-corrected chi connectivity index (χ4v) is 2.38. The van der Waals surface area contributed by atoms with Gasteiger partial charge in [0.05, 0.1) is 17.3 Å². The highest BCUT2D eigenvalue weighted by atomic mass is 16.3. The Balaban J connectivity index is 2.36. The zero-order valence-corrected chi connectivity index (χ0v) is 11.3. The van der Waals surface area contributed by atoms with Crippen molar-refractivity contribution in [1.29, 1.82) is 0 Å². The molecule has 0 bridgehead atoms. The Morgan fingerprint density at radius 2 is 1.95 bits per heavy atom. The molecule has 0 amide bonds. The molecule has 0 spiro atoms. The second-order valence-electron chi connectivity index (χ2n) is 4.94. The van der Waals surface area contributed by atoms with E-state index in [1.165, 1.54) is 6.07 Å². The van der Waals surface area contributed by atoms with Gasteiger partial charge in [-0.15, -0.1) is 0 Å². The predicted octanol–water partition coefficient (Wildman–Crippen LogP) is 3.09. The summed E-state index contributed by atoms with van der Waals surface area (Å²) in [6.45, 7) is 4.09. The SMILES string of the molecule is CC(C)n1c(-c2cccc(O)c2O)nc2cnccc21. The van der Waals surface area contributed by atoms with Gasteiger partial charge in [0.1, 0.15) is 11.3 Å². The number of phenols is 2. The molecule has 0 atom stereocenters. The van der Waals surface area contributed by atoms with Gasteiger partial charge in [0.2, 0.25) is 0 Å². The molecule has 0 saturated heterocycles. The van der Waals surface area contributed by atoms with Gasteiger partial charge in [-0.25, -0.2) is 4.98 Å². The minimum atomic E-state index is -0.155. The van der Waals surface area contributed by atoms with Crippen LogP contribution in [0.1, 0.15) is 19.9 Å². The van der Waals surface area contributed by atoms with E-state index in [2.05, 4.69) is 9.97 Å². The van der Waals surface area contributed by atoms with Crippen molar-refractivity contribution in [3.05, 3.63) is 36.7 Å². The van der Waals surface area contributed by atoms with Crippen LogP contribution in [0.25, 0.3) is 22.4 Å². The first-order valence-corrected chi connectivity index (χ1v) is 6.43. The number of aromatic nitrogens is 3. The summed E-state index contributed by atoms with van der Waals surface area (Å²) in [5, 5.41) is 19.7. The lowest BCUT2D eigenvalue weighted by molar-refractivity contribution is 0.404. The molecule has 0 unspecified atom stereocenters. The number of aromatic hydroxyl groups is 2. The molecule has 0 fully saturated rings. The van der Waals surface area contributed by atoms with Crippen LogP contribution in [-0.2, 0) is 0 Å². The Morgan fingerprint density at radius 1 is 1.15 bits per heavy atom. The lowest BCUT2D eigenvalue weighted by atomic mass is 10.1. The minimum Gasteiger partial charge on any atom is -0.504 e. The molecule has 5 heteroatoms. The molecule has 0 aliphatic heterocycles. The Labute approximate surface area is 116 Å². The summed E-state index contributed by atoms with van der Waals surface area (Å²) in [6, 6.07) is 6.93. The van der Waals surface area contributed by atoms with Crippen molar-refractivity contribution >= 4 is 11.0 Å². The third kappa shape index (κ3) is 1.79. The zero-order valence-electron chi connectivity index (χ0n) is 11.3. The van der Waals surface area contributed by atoms with E-state index in [1.807, 2.05) is 24.5 Å². The van der Waals surface area contributed by atoms with E-state index in [9.17, 15) is 10.2 Å². The standard InChI is InChI=1S/C15H15N3O2/c1-9(2)18-12-6-7-16-8-11(12)17-15(18)10-4-3-5-13(19)14(10)20/h3-9,19-20H,1-2H3. The number of benzene rings is 1. The van der Waals surface area contributed by atoms with Crippen LogP contribution in [0, 0.1) is 0 Å². The Morgan fingerprint density at radius 3 is 2.70 bits per heavy atom. The lowest BCUT2D eigenvalue weighted by Gasteiger charge is -2.14. The number of rotatable bonds is 2. The Hall–Kier alpha value is -2.56. The maximum Gasteiger partial charge on any atom is 0.168 e. The summed E-state index contributed by atoms with van der Waals surface area (Å²) < 4.78 is 2.02. The summed E-state index contributed by atoms with van der Waals surface area (Å²) in [6.07, 6.45) is 3.41. The first-order valence-electron chi connectivity index (χ1n) is 6.43. The second-order valence-corrected chi connectivity index (χ2v) is 4.94. The molecule has 20 heavy (non-hydrogen) atoms. The van der Waals surface area contributed by atoms with Gasteiger partial charge in [-0.2, -0.15) is 0 Å². The largest absolute Gasteiger partial charge is 0.504 e. The van der Waals surface area contributed by atoms with Crippen molar-refractivity contribution in [2.24, 2.45) is 0 Å². The molecule has 3 rings (SSSR count). The number of pyridine rings is 1. The maximum atomic E-state index is 10.1. The smallest absolute Gasteiger partial charge is 0.168 e. The molecule has 0 saturated carbocycles. The van der Waals surface area contributed by atoms with Gasteiger partial charge < -0.3 is 14.8 Å². The third-order valence-electron chi connectivity index (χ3n) is 3.26. The number of hydrogen-bond donors (Lipinski definition) is 2. The number of nitrogens with zero attached hydrogens (tertiary/aromatic N) is 3. The molecular formula is C15H15N3O2. The molecule has 2 aromatic heterocycles. The number of imidazole rings is 1. The Kier molecular flexibility index (Phi) is 2.82. The second kappa shape index (κ2) is 4.52. The van der Waals surface area contributed by atoms with Crippen molar-refractivity contribution in [3.63, 3.8) is 0 Å². The highest BCUT2D eigenvalue weighted by Crippen LogP contribution is 2.37. The van der Waals surface area contributed by atoms with E-state index in [4.69, 9.17) is 0 Å². The first kappa shape index (κ1) is 12.5. The van der Waals surface area contributed by atoms with Crippen LogP contribution in [0.5, 0.6) is 11.5 Å². The average molecular weight is 269 g/mol. The maximum absolute atomic E-state index is 10.1. The van der Waals surface area contributed by atoms with Crippen LogP contribution in [-0.4, -0.2) is 24.7 Å². The quantitative estimate of drug-likeness (QED) is 0.701. The number of phenolic OH excluding ortho intramolecular Hbond substituents is 2. The first-order chi connectivity index (χ1) is 9.59. The van der Waals surface area contributed by atoms with Gasteiger partial charge in [-0.1, -0.05) is 6.07 Å². The molecular weight excluding hydrogens is 254 g/mol. The van der Waals surface area contributed by atoms with E-state index < -0.39 is 0 Å². The number of para-hydroxylation sites is 1. The van der Waals surface area contributed by atoms with Crippen LogP contribution < -0.4 is 0 Å². The van der Waals surface area contributed by atoms with Crippen molar-refractivity contribution in [2.75, 3.05) is 0 Å². The summed E-state index contributed by atoms with van der Waals surface area (Å²) in [7, 11) is 0. The van der Waals surface area contributed by atoms with Crippen molar-refractivity contribution in [2.45, 2.75) is 19.9 Å². The molecule has 0 aliphatic carbocycles. The zero-order chi connectivity index (χ0) is 14.3. The van der Waals surface area contributed by atoms with Gasteiger partial charge in [0.25, 0.3) is 0 Å². The van der Waals surface area contributed by atoms with Gasteiger partial charge in [-0.3, -0.25) is 4.98 Å². The predicted molar refractivity (Wildman–Crippen MR) is 76.7 cm³/mol. The van der Waals surface area contributed by atoms with Crippen LogP contribution in [0.4, 0.5) is 0 Å². The fraction of sp³-hybridized carbons (Fsp3) is 0.200. The molecule has 0 radical (unpaired) electrons. The van der Waals surface area contributed by atoms with E-state index in [0.29, 0.717) is 11.4 Å². The number of fused-ring (bicyclic) bond motifs is 1. The van der Waals surface area contributed by atoms with Crippen molar-refractivity contribution in [3.8, 4) is 22.9 Å². The molecule has 102 valence electrons. The van der Waals surface area contributed by atoms with Gasteiger partial charge in [0, 0.05) is 12.2 Å². The lowest BCUT2D eigenvalue weighted by Crippen LogP contribution is -2.03. The van der Waals surface area contributed by atoms with Gasteiger partial charge in [-0.05, 0) is 32.0 Å². The normalized spacial score (nSPS) is 11.3. The molecule has 2 heterocycles. The van der Waals surface area contributed by atoms with Crippen molar-refractivity contribution < 1.29 is 10.2 Å². The summed E-state index contributed by atoms with van der Waals surface area (Å²) in [4.78, 5) is 8.61. The monoisotopic (exact) mass is 269 g/mol. The molecule has 1 aromatic carbocycles. The highest BCUT2D eigenvalue weighted by molar-refractivity contribution is 5.82. The summed E-state index contributed by atoms with van der Waals surface area (Å²) in [5.74, 6) is 0.317. The van der Waals surface area contributed by atoms with Gasteiger partial charge >= 0.3 is 0 Å². The molecule has 0 aliphatic rings. The number of hydrogen-bond acceptors (Lipinski definition) is 4.